The van der Waals surface area contributed by atoms with Crippen LogP contribution in [0.3, 0.4) is 0 Å². The summed E-state index contributed by atoms with van der Waals surface area (Å²) in [6.07, 6.45) is 1.20. The minimum Gasteiger partial charge on any atom is -0.481 e. The number of nitrogens with zero attached hydrogens (tertiary/aromatic N) is 2. The Hall–Kier alpha value is -1.39. The van der Waals surface area contributed by atoms with Gasteiger partial charge < -0.3 is 5.11 Å². The van der Waals surface area contributed by atoms with Crippen LogP contribution in [0.25, 0.3) is 0 Å². The minimum atomic E-state index is -0.873. The minimum absolute atomic E-state index is 0.0115. The predicted molar refractivity (Wildman–Crippen MR) is 60.1 cm³/mol. The summed E-state index contributed by atoms with van der Waals surface area (Å²) in [5, 5.41) is 14.3. The van der Waals surface area contributed by atoms with Crippen molar-refractivity contribution in [3.63, 3.8) is 0 Å². The molecule has 0 aromatic rings. The first-order valence-electron chi connectivity index (χ1n) is 5.57. The van der Waals surface area contributed by atoms with Crippen LogP contribution in [-0.4, -0.2) is 33.7 Å². The van der Waals surface area contributed by atoms with Crippen LogP contribution in [0.2, 0.25) is 0 Å². The van der Waals surface area contributed by atoms with Gasteiger partial charge in [0.1, 0.15) is 0 Å². The Kier molecular flexibility index (Phi) is 4.04. The number of hydrazone groups is 1. The fourth-order valence-corrected chi connectivity index (χ4v) is 1.72. The van der Waals surface area contributed by atoms with Crippen LogP contribution in [0.1, 0.15) is 40.0 Å². The lowest BCUT2D eigenvalue weighted by Crippen LogP contribution is -2.33. The van der Waals surface area contributed by atoms with Gasteiger partial charge in [-0.15, -0.1) is 0 Å². The van der Waals surface area contributed by atoms with Crippen molar-refractivity contribution in [3.05, 3.63) is 0 Å². The van der Waals surface area contributed by atoms with Gasteiger partial charge in [-0.2, -0.15) is 5.10 Å². The van der Waals surface area contributed by atoms with E-state index in [-0.39, 0.29) is 24.3 Å². The predicted octanol–water partition coefficient (Wildman–Crippen LogP) is 1.48. The van der Waals surface area contributed by atoms with E-state index in [4.69, 9.17) is 5.11 Å². The monoisotopic (exact) mass is 226 g/mol. The summed E-state index contributed by atoms with van der Waals surface area (Å²) in [5.74, 6) is -1.28. The Morgan fingerprint density at radius 3 is 2.75 bits per heavy atom. The van der Waals surface area contributed by atoms with Gasteiger partial charge in [-0.3, -0.25) is 9.59 Å². The average molecular weight is 226 g/mol. The number of carboxylic acid groups (broad SMARTS) is 1. The van der Waals surface area contributed by atoms with Crippen LogP contribution in [0.4, 0.5) is 0 Å². The van der Waals surface area contributed by atoms with Crippen LogP contribution in [-0.2, 0) is 9.59 Å². The van der Waals surface area contributed by atoms with Gasteiger partial charge in [0, 0.05) is 12.1 Å². The van der Waals surface area contributed by atoms with Gasteiger partial charge in [0.25, 0.3) is 5.91 Å². The zero-order valence-electron chi connectivity index (χ0n) is 9.93. The molecular formula is C11H18N2O3. The third kappa shape index (κ3) is 2.59. The van der Waals surface area contributed by atoms with Crippen molar-refractivity contribution < 1.29 is 14.7 Å². The van der Waals surface area contributed by atoms with Gasteiger partial charge in [0.15, 0.2) is 0 Å². The van der Waals surface area contributed by atoms with Crippen molar-refractivity contribution in [3.8, 4) is 0 Å². The molecule has 1 aliphatic rings. The lowest BCUT2D eigenvalue weighted by atomic mass is 9.98. The van der Waals surface area contributed by atoms with E-state index in [1.165, 1.54) is 5.01 Å². The van der Waals surface area contributed by atoms with Gasteiger partial charge in [-0.25, -0.2) is 5.01 Å². The fraction of sp³-hybridized carbons (Fsp3) is 0.727. The smallest absolute Gasteiger partial charge is 0.303 e. The van der Waals surface area contributed by atoms with Crippen LogP contribution in [0.5, 0.6) is 0 Å². The number of carboxylic acids is 1. The molecule has 1 rings (SSSR count). The van der Waals surface area contributed by atoms with E-state index in [9.17, 15) is 9.59 Å². The van der Waals surface area contributed by atoms with Gasteiger partial charge >= 0.3 is 5.97 Å². The summed E-state index contributed by atoms with van der Waals surface area (Å²) in [5.41, 5.74) is 0.728. The van der Waals surface area contributed by atoms with Crippen LogP contribution in [0, 0.1) is 5.92 Å². The SMILES string of the molecule is CCC(C)N1N=C(C)C(CCC(=O)O)C1=O. The molecule has 16 heavy (non-hydrogen) atoms. The third-order valence-corrected chi connectivity index (χ3v) is 2.95. The molecule has 0 radical (unpaired) electrons. The van der Waals surface area contributed by atoms with E-state index in [0.29, 0.717) is 6.42 Å². The number of hydrogen-bond donors (Lipinski definition) is 1. The molecule has 5 heteroatoms. The van der Waals surface area contributed by atoms with Gasteiger partial charge in [0.05, 0.1) is 12.0 Å². The van der Waals surface area contributed by atoms with Crippen molar-refractivity contribution in [2.45, 2.75) is 46.1 Å². The molecule has 5 nitrogen and oxygen atoms in total. The quantitative estimate of drug-likeness (QED) is 0.772. The number of carbonyl (C=O) groups excluding carboxylic acids is 1. The zero-order valence-corrected chi connectivity index (χ0v) is 9.93. The van der Waals surface area contributed by atoms with Crippen LogP contribution < -0.4 is 0 Å². The maximum absolute atomic E-state index is 11.9. The first-order chi connectivity index (χ1) is 7.47. The second-order valence-corrected chi connectivity index (χ2v) is 4.17. The topological polar surface area (TPSA) is 70.0 Å². The summed E-state index contributed by atoms with van der Waals surface area (Å²) in [4.78, 5) is 22.4. The summed E-state index contributed by atoms with van der Waals surface area (Å²) in [6, 6.07) is 0.0808. The van der Waals surface area contributed by atoms with E-state index < -0.39 is 5.97 Å². The lowest BCUT2D eigenvalue weighted by Gasteiger charge is -2.20. The van der Waals surface area contributed by atoms with Gasteiger partial charge in [0.2, 0.25) is 0 Å². The van der Waals surface area contributed by atoms with Crippen LogP contribution in [0.15, 0.2) is 5.10 Å². The Bertz CT molecular complexity index is 325. The number of carbonyl (C=O) groups is 2. The van der Waals surface area contributed by atoms with Crippen molar-refractivity contribution in [2.24, 2.45) is 11.0 Å². The van der Waals surface area contributed by atoms with Crippen molar-refractivity contribution >= 4 is 17.6 Å². The molecule has 0 fully saturated rings. The van der Waals surface area contributed by atoms with Gasteiger partial charge in [-0.1, -0.05) is 6.92 Å². The molecular weight excluding hydrogens is 208 g/mol. The highest BCUT2D eigenvalue weighted by Crippen LogP contribution is 2.23. The highest BCUT2D eigenvalue weighted by atomic mass is 16.4. The molecule has 2 atom stereocenters. The van der Waals surface area contributed by atoms with E-state index in [2.05, 4.69) is 5.10 Å². The van der Waals surface area contributed by atoms with E-state index in [1.54, 1.807) is 6.92 Å². The number of rotatable bonds is 5. The molecule has 1 amide bonds. The highest BCUT2D eigenvalue weighted by Gasteiger charge is 2.35. The van der Waals surface area contributed by atoms with E-state index in [1.807, 2.05) is 13.8 Å². The van der Waals surface area contributed by atoms with E-state index in [0.717, 1.165) is 12.1 Å². The molecule has 1 aliphatic heterocycles. The fourth-order valence-electron chi connectivity index (χ4n) is 1.72. The Morgan fingerprint density at radius 2 is 2.25 bits per heavy atom. The summed E-state index contributed by atoms with van der Waals surface area (Å²) >= 11 is 0. The molecule has 1 heterocycles. The molecule has 0 aromatic heterocycles. The molecule has 1 N–H and O–H groups in total. The maximum Gasteiger partial charge on any atom is 0.303 e. The molecule has 0 spiro atoms. The average Bonchev–Trinajstić information content (AvgIpc) is 2.51. The molecule has 0 aliphatic carbocycles. The van der Waals surface area contributed by atoms with Crippen LogP contribution >= 0.6 is 0 Å². The van der Waals surface area contributed by atoms with Gasteiger partial charge in [-0.05, 0) is 26.7 Å². The molecule has 0 saturated heterocycles. The molecule has 0 saturated carbocycles. The first kappa shape index (κ1) is 12.7. The maximum atomic E-state index is 11.9. The second kappa shape index (κ2) is 5.09. The standard InChI is InChI=1S/C11H18N2O3/c1-4-7(2)13-11(16)9(8(3)12-13)5-6-10(14)15/h7,9H,4-6H2,1-3H3,(H,14,15). The summed E-state index contributed by atoms with van der Waals surface area (Å²) < 4.78 is 0. The van der Waals surface area contributed by atoms with E-state index >= 15 is 0 Å². The third-order valence-electron chi connectivity index (χ3n) is 2.95. The number of hydrogen-bond acceptors (Lipinski definition) is 3. The Morgan fingerprint density at radius 1 is 1.62 bits per heavy atom. The second-order valence-electron chi connectivity index (χ2n) is 4.17. The first-order valence-corrected chi connectivity index (χ1v) is 5.57. The molecule has 0 aromatic carbocycles. The number of aliphatic carboxylic acids is 1. The Labute approximate surface area is 95.1 Å². The molecule has 0 bridgehead atoms. The Balaban J connectivity index is 2.66. The number of amides is 1. The zero-order chi connectivity index (χ0) is 12.3. The molecule has 2 unspecified atom stereocenters. The largest absolute Gasteiger partial charge is 0.481 e. The normalized spacial score (nSPS) is 22.2. The summed E-state index contributed by atoms with van der Waals surface area (Å²) in [6.45, 7) is 5.72. The van der Waals surface area contributed by atoms with Crippen molar-refractivity contribution in [2.75, 3.05) is 0 Å². The lowest BCUT2D eigenvalue weighted by molar-refractivity contribution is -0.137. The van der Waals surface area contributed by atoms with Crippen molar-refractivity contribution in [1.82, 2.24) is 5.01 Å². The van der Waals surface area contributed by atoms with Crippen molar-refractivity contribution in [1.29, 1.82) is 0 Å². The highest BCUT2D eigenvalue weighted by molar-refractivity contribution is 6.07. The summed E-state index contributed by atoms with van der Waals surface area (Å²) in [7, 11) is 0. The molecule has 90 valence electrons.